The van der Waals surface area contributed by atoms with E-state index in [4.69, 9.17) is 0 Å². The predicted octanol–water partition coefficient (Wildman–Crippen LogP) is 4.06. The first-order valence-electron chi connectivity index (χ1n) is 7.46. The summed E-state index contributed by atoms with van der Waals surface area (Å²) in [5.74, 6) is 0.113. The van der Waals surface area contributed by atoms with Crippen molar-refractivity contribution in [1.82, 2.24) is 5.32 Å². The molecule has 0 heterocycles. The molecule has 0 aliphatic heterocycles. The van der Waals surface area contributed by atoms with Crippen LogP contribution in [0, 0.1) is 20.8 Å². The summed E-state index contributed by atoms with van der Waals surface area (Å²) < 4.78 is 0. The van der Waals surface area contributed by atoms with Crippen molar-refractivity contribution in [2.45, 2.75) is 65.3 Å². The fraction of sp³-hybridized carbons (Fsp3) is 0.588. The molecule has 0 unspecified atom stereocenters. The second-order valence-corrected chi connectivity index (χ2v) is 5.94. The van der Waals surface area contributed by atoms with Gasteiger partial charge in [0.15, 0.2) is 0 Å². The zero-order chi connectivity index (χ0) is 13.8. The van der Waals surface area contributed by atoms with Gasteiger partial charge in [0.2, 0.25) is 0 Å². The largest absolute Gasteiger partial charge is 0.349 e. The molecule has 19 heavy (non-hydrogen) atoms. The number of rotatable bonds is 2. The lowest BCUT2D eigenvalue weighted by Gasteiger charge is -2.18. The molecule has 2 rings (SSSR count). The van der Waals surface area contributed by atoms with Gasteiger partial charge in [-0.25, -0.2) is 0 Å². The monoisotopic (exact) mass is 259 g/mol. The van der Waals surface area contributed by atoms with Crippen LogP contribution in [-0.4, -0.2) is 11.9 Å². The summed E-state index contributed by atoms with van der Waals surface area (Å²) in [5.41, 5.74) is 4.27. The number of hydrogen-bond acceptors (Lipinski definition) is 1. The highest BCUT2D eigenvalue weighted by atomic mass is 16.1. The molecule has 0 aromatic heterocycles. The number of amides is 1. The van der Waals surface area contributed by atoms with Crippen molar-refractivity contribution in [3.8, 4) is 0 Å². The van der Waals surface area contributed by atoms with Crippen LogP contribution in [0.1, 0.15) is 65.6 Å². The van der Waals surface area contributed by atoms with Crippen LogP contribution in [0.25, 0.3) is 0 Å². The molecule has 1 fully saturated rings. The third kappa shape index (κ3) is 3.59. The normalized spacial score (nSPS) is 17.0. The average molecular weight is 259 g/mol. The molecular formula is C17H25NO. The predicted molar refractivity (Wildman–Crippen MR) is 79.6 cm³/mol. The Labute approximate surface area is 116 Å². The first-order valence-corrected chi connectivity index (χ1v) is 7.46. The fourth-order valence-electron chi connectivity index (χ4n) is 3.22. The lowest BCUT2D eigenvalue weighted by atomic mass is 9.98. The molecule has 0 saturated heterocycles. The quantitative estimate of drug-likeness (QED) is 0.797. The molecule has 0 atom stereocenters. The third-order valence-electron chi connectivity index (χ3n) is 4.09. The Bertz CT molecular complexity index is 433. The van der Waals surface area contributed by atoms with Crippen LogP contribution in [0.3, 0.4) is 0 Å². The Hall–Kier alpha value is -1.31. The topological polar surface area (TPSA) is 29.1 Å². The number of carbonyl (C=O) groups excluding carboxylic acids is 1. The zero-order valence-corrected chi connectivity index (χ0v) is 12.4. The van der Waals surface area contributed by atoms with Gasteiger partial charge in [-0.15, -0.1) is 0 Å². The minimum Gasteiger partial charge on any atom is -0.349 e. The van der Waals surface area contributed by atoms with Gasteiger partial charge in [0.25, 0.3) is 5.91 Å². The SMILES string of the molecule is Cc1cc(C)c(C(=O)NC2CCCCCC2)c(C)c1. The number of benzene rings is 1. The number of hydrogen-bond donors (Lipinski definition) is 1. The van der Waals surface area contributed by atoms with Gasteiger partial charge in [-0.2, -0.15) is 0 Å². The zero-order valence-electron chi connectivity index (χ0n) is 12.4. The van der Waals surface area contributed by atoms with Gasteiger partial charge >= 0.3 is 0 Å². The highest BCUT2D eigenvalue weighted by Crippen LogP contribution is 2.20. The van der Waals surface area contributed by atoms with E-state index >= 15 is 0 Å². The molecule has 104 valence electrons. The van der Waals surface area contributed by atoms with Gasteiger partial charge in [0.05, 0.1) is 0 Å². The molecule has 1 saturated carbocycles. The molecular weight excluding hydrogens is 234 g/mol. The van der Waals surface area contributed by atoms with E-state index in [0.717, 1.165) is 29.5 Å². The lowest BCUT2D eigenvalue weighted by Crippen LogP contribution is -2.35. The van der Waals surface area contributed by atoms with E-state index < -0.39 is 0 Å². The Morgan fingerprint density at radius 3 is 2.05 bits per heavy atom. The molecule has 1 aliphatic rings. The van der Waals surface area contributed by atoms with E-state index in [9.17, 15) is 4.79 Å². The maximum absolute atomic E-state index is 12.5. The first kappa shape index (κ1) is 14.1. The van der Waals surface area contributed by atoms with E-state index in [1.807, 2.05) is 13.8 Å². The van der Waals surface area contributed by atoms with Crippen LogP contribution < -0.4 is 5.32 Å². The van der Waals surface area contributed by atoms with Crippen molar-refractivity contribution in [2.75, 3.05) is 0 Å². The minimum atomic E-state index is 0.113. The molecule has 0 spiro atoms. The van der Waals surface area contributed by atoms with Gasteiger partial charge in [-0.3, -0.25) is 4.79 Å². The summed E-state index contributed by atoms with van der Waals surface area (Å²) >= 11 is 0. The Morgan fingerprint density at radius 1 is 1.00 bits per heavy atom. The van der Waals surface area contributed by atoms with Gasteiger partial charge in [0, 0.05) is 11.6 Å². The number of aryl methyl sites for hydroxylation is 3. The third-order valence-corrected chi connectivity index (χ3v) is 4.09. The van der Waals surface area contributed by atoms with Gasteiger partial charge in [-0.05, 0) is 44.7 Å². The van der Waals surface area contributed by atoms with Gasteiger partial charge in [0.1, 0.15) is 0 Å². The summed E-state index contributed by atoms with van der Waals surface area (Å²) in [7, 11) is 0. The van der Waals surface area contributed by atoms with E-state index in [1.54, 1.807) is 0 Å². The smallest absolute Gasteiger partial charge is 0.252 e. The number of nitrogens with one attached hydrogen (secondary N) is 1. The lowest BCUT2D eigenvalue weighted by molar-refractivity contribution is 0.0932. The maximum Gasteiger partial charge on any atom is 0.252 e. The van der Waals surface area contributed by atoms with Crippen molar-refractivity contribution in [2.24, 2.45) is 0 Å². The first-order chi connectivity index (χ1) is 9.08. The molecule has 1 amide bonds. The summed E-state index contributed by atoms with van der Waals surface area (Å²) in [6.45, 7) is 6.14. The summed E-state index contributed by atoms with van der Waals surface area (Å²) in [4.78, 5) is 12.5. The van der Waals surface area contributed by atoms with E-state index in [1.165, 1.54) is 31.2 Å². The van der Waals surface area contributed by atoms with Crippen LogP contribution in [0.2, 0.25) is 0 Å². The van der Waals surface area contributed by atoms with E-state index in [0.29, 0.717) is 6.04 Å². The summed E-state index contributed by atoms with van der Waals surface area (Å²) in [6, 6.07) is 4.56. The maximum atomic E-state index is 12.5. The summed E-state index contributed by atoms with van der Waals surface area (Å²) in [6.07, 6.45) is 7.39. The molecule has 1 aromatic carbocycles. The van der Waals surface area contributed by atoms with E-state index in [2.05, 4.69) is 24.4 Å². The Kier molecular flexibility index (Phi) is 4.62. The highest BCUT2D eigenvalue weighted by molar-refractivity contribution is 5.97. The number of carbonyl (C=O) groups is 1. The van der Waals surface area contributed by atoms with Gasteiger partial charge in [-0.1, -0.05) is 43.4 Å². The molecule has 0 bridgehead atoms. The molecule has 0 radical (unpaired) electrons. The highest BCUT2D eigenvalue weighted by Gasteiger charge is 2.18. The second kappa shape index (κ2) is 6.23. The van der Waals surface area contributed by atoms with Crippen LogP contribution in [0.5, 0.6) is 0 Å². The van der Waals surface area contributed by atoms with Crippen LogP contribution in [-0.2, 0) is 0 Å². The Balaban J connectivity index is 2.11. The van der Waals surface area contributed by atoms with Crippen molar-refractivity contribution in [3.05, 3.63) is 34.4 Å². The minimum absolute atomic E-state index is 0.113. The standard InChI is InChI=1S/C17H25NO/c1-12-10-13(2)16(14(3)11-12)17(19)18-15-8-6-4-5-7-9-15/h10-11,15H,4-9H2,1-3H3,(H,18,19). The van der Waals surface area contributed by atoms with Crippen molar-refractivity contribution < 1.29 is 4.79 Å². The fourth-order valence-corrected chi connectivity index (χ4v) is 3.22. The average Bonchev–Trinajstić information content (AvgIpc) is 2.56. The van der Waals surface area contributed by atoms with Crippen molar-refractivity contribution >= 4 is 5.91 Å². The van der Waals surface area contributed by atoms with Crippen molar-refractivity contribution in [1.29, 1.82) is 0 Å². The molecule has 1 aromatic rings. The summed E-state index contributed by atoms with van der Waals surface area (Å²) in [5, 5.41) is 3.24. The van der Waals surface area contributed by atoms with Crippen LogP contribution >= 0.6 is 0 Å². The van der Waals surface area contributed by atoms with Crippen molar-refractivity contribution in [3.63, 3.8) is 0 Å². The van der Waals surface area contributed by atoms with Crippen LogP contribution in [0.15, 0.2) is 12.1 Å². The molecule has 1 aliphatic carbocycles. The van der Waals surface area contributed by atoms with E-state index in [-0.39, 0.29) is 5.91 Å². The second-order valence-electron chi connectivity index (χ2n) is 5.94. The Morgan fingerprint density at radius 2 is 1.53 bits per heavy atom. The van der Waals surface area contributed by atoms with Crippen LogP contribution in [0.4, 0.5) is 0 Å². The molecule has 2 heteroatoms. The molecule has 1 N–H and O–H groups in total. The van der Waals surface area contributed by atoms with Gasteiger partial charge < -0.3 is 5.32 Å². The molecule has 2 nitrogen and oxygen atoms in total.